The standard InChI is InChI=1S/C16H25N3O4/c1-11(20)17-13-6-7-16(15(8-13)18-12(2)21)23-10-14(22)9-19(3,4)5/h6-8,14,22H,9-10H2,1-5H3,(H-,17,18,20,21)/p+1. The van der Waals surface area contributed by atoms with Crippen molar-refractivity contribution in [3.05, 3.63) is 18.2 Å². The first-order valence-electron chi connectivity index (χ1n) is 7.37. The van der Waals surface area contributed by atoms with Crippen molar-refractivity contribution in [2.24, 2.45) is 0 Å². The zero-order valence-corrected chi connectivity index (χ0v) is 14.3. The normalized spacial score (nSPS) is 12.4. The Labute approximate surface area is 136 Å². The summed E-state index contributed by atoms with van der Waals surface area (Å²) in [7, 11) is 5.94. The highest BCUT2D eigenvalue weighted by Crippen LogP contribution is 2.28. The Hall–Kier alpha value is -2.12. The molecule has 128 valence electrons. The van der Waals surface area contributed by atoms with E-state index in [1.165, 1.54) is 13.8 Å². The van der Waals surface area contributed by atoms with Gasteiger partial charge in [-0.25, -0.2) is 0 Å². The Balaban J connectivity index is 2.83. The molecule has 0 bridgehead atoms. The Morgan fingerprint density at radius 2 is 1.78 bits per heavy atom. The van der Waals surface area contributed by atoms with Crippen molar-refractivity contribution in [2.75, 3.05) is 44.9 Å². The van der Waals surface area contributed by atoms with E-state index in [9.17, 15) is 14.7 Å². The van der Waals surface area contributed by atoms with Crippen LogP contribution in [-0.4, -0.2) is 61.8 Å². The highest BCUT2D eigenvalue weighted by Gasteiger charge is 2.17. The molecule has 1 unspecified atom stereocenters. The number of anilines is 2. The number of likely N-dealkylation sites (N-methyl/N-ethyl adjacent to an activating group) is 1. The summed E-state index contributed by atoms with van der Waals surface area (Å²) in [6.45, 7) is 3.45. The van der Waals surface area contributed by atoms with Gasteiger partial charge in [-0.3, -0.25) is 9.59 Å². The minimum atomic E-state index is -0.629. The van der Waals surface area contributed by atoms with E-state index in [1.54, 1.807) is 18.2 Å². The first-order valence-corrected chi connectivity index (χ1v) is 7.37. The summed E-state index contributed by atoms with van der Waals surface area (Å²) < 4.78 is 6.23. The molecule has 0 heterocycles. The van der Waals surface area contributed by atoms with Crippen LogP contribution in [-0.2, 0) is 9.59 Å². The number of nitrogens with one attached hydrogen (secondary N) is 2. The van der Waals surface area contributed by atoms with E-state index in [0.717, 1.165) is 0 Å². The topological polar surface area (TPSA) is 87.7 Å². The number of carbonyl (C=O) groups is 2. The van der Waals surface area contributed by atoms with E-state index in [4.69, 9.17) is 4.74 Å². The molecule has 0 saturated carbocycles. The fourth-order valence-corrected chi connectivity index (χ4v) is 2.10. The summed E-state index contributed by atoms with van der Waals surface area (Å²) in [5.41, 5.74) is 1.00. The lowest BCUT2D eigenvalue weighted by molar-refractivity contribution is -0.873. The van der Waals surface area contributed by atoms with Crippen LogP contribution >= 0.6 is 0 Å². The molecule has 1 atom stereocenters. The fraction of sp³-hybridized carbons (Fsp3) is 0.500. The highest BCUT2D eigenvalue weighted by molar-refractivity contribution is 5.93. The van der Waals surface area contributed by atoms with Gasteiger partial charge >= 0.3 is 0 Å². The number of aliphatic hydroxyl groups excluding tert-OH is 1. The second kappa shape index (κ2) is 7.94. The van der Waals surface area contributed by atoms with E-state index < -0.39 is 6.10 Å². The van der Waals surface area contributed by atoms with Gasteiger partial charge < -0.3 is 25.0 Å². The fourth-order valence-electron chi connectivity index (χ4n) is 2.10. The molecular formula is C16H26N3O4+. The maximum atomic E-state index is 11.3. The average Bonchev–Trinajstić information content (AvgIpc) is 2.34. The monoisotopic (exact) mass is 324 g/mol. The number of quaternary nitrogens is 1. The van der Waals surface area contributed by atoms with Gasteiger partial charge in [0.25, 0.3) is 0 Å². The first kappa shape index (κ1) is 18.9. The van der Waals surface area contributed by atoms with Crippen molar-refractivity contribution < 1.29 is 23.9 Å². The predicted octanol–water partition coefficient (Wildman–Crippen LogP) is 1.05. The zero-order chi connectivity index (χ0) is 17.6. The van der Waals surface area contributed by atoms with Gasteiger partial charge in [0.15, 0.2) is 0 Å². The van der Waals surface area contributed by atoms with E-state index in [1.807, 2.05) is 21.1 Å². The van der Waals surface area contributed by atoms with Gasteiger partial charge in [0.2, 0.25) is 11.8 Å². The molecule has 23 heavy (non-hydrogen) atoms. The average molecular weight is 324 g/mol. The molecule has 7 nitrogen and oxygen atoms in total. The lowest BCUT2D eigenvalue weighted by Gasteiger charge is -2.26. The van der Waals surface area contributed by atoms with Gasteiger partial charge in [-0.05, 0) is 18.2 Å². The lowest BCUT2D eigenvalue weighted by atomic mass is 10.2. The van der Waals surface area contributed by atoms with Crippen LogP contribution in [0.5, 0.6) is 5.75 Å². The van der Waals surface area contributed by atoms with Crippen molar-refractivity contribution in [3.63, 3.8) is 0 Å². The van der Waals surface area contributed by atoms with Gasteiger partial charge in [-0.15, -0.1) is 0 Å². The Morgan fingerprint density at radius 3 is 2.30 bits per heavy atom. The maximum Gasteiger partial charge on any atom is 0.221 e. The van der Waals surface area contributed by atoms with Crippen molar-refractivity contribution >= 4 is 23.2 Å². The van der Waals surface area contributed by atoms with Crippen LogP contribution in [0.1, 0.15) is 13.8 Å². The van der Waals surface area contributed by atoms with Crippen LogP contribution in [0.15, 0.2) is 18.2 Å². The summed E-state index contributed by atoms with van der Waals surface area (Å²) in [6, 6.07) is 4.94. The predicted molar refractivity (Wildman–Crippen MR) is 89.5 cm³/mol. The van der Waals surface area contributed by atoms with Crippen molar-refractivity contribution in [1.29, 1.82) is 0 Å². The number of hydrogen-bond donors (Lipinski definition) is 3. The summed E-state index contributed by atoms with van der Waals surface area (Å²) >= 11 is 0. The van der Waals surface area contributed by atoms with Gasteiger partial charge in [0.05, 0.1) is 26.8 Å². The molecular weight excluding hydrogens is 298 g/mol. The molecule has 0 aliphatic rings. The molecule has 0 fully saturated rings. The number of hydrogen-bond acceptors (Lipinski definition) is 4. The van der Waals surface area contributed by atoms with Crippen LogP contribution in [0.2, 0.25) is 0 Å². The molecule has 0 radical (unpaired) electrons. The molecule has 7 heteroatoms. The summed E-state index contributed by atoms with van der Waals surface area (Å²) in [5, 5.41) is 15.3. The molecule has 1 aromatic rings. The molecule has 1 aromatic carbocycles. The molecule has 0 aromatic heterocycles. The number of aliphatic hydroxyl groups is 1. The third kappa shape index (κ3) is 7.62. The van der Waals surface area contributed by atoms with Crippen molar-refractivity contribution in [2.45, 2.75) is 20.0 Å². The van der Waals surface area contributed by atoms with E-state index in [2.05, 4.69) is 10.6 Å². The van der Waals surface area contributed by atoms with Crippen molar-refractivity contribution in [1.82, 2.24) is 0 Å². The van der Waals surface area contributed by atoms with Crippen LogP contribution in [0.25, 0.3) is 0 Å². The minimum Gasteiger partial charge on any atom is -0.488 e. The molecule has 0 aliphatic heterocycles. The van der Waals surface area contributed by atoms with Gasteiger partial charge in [0.1, 0.15) is 25.0 Å². The zero-order valence-electron chi connectivity index (χ0n) is 14.3. The minimum absolute atomic E-state index is 0.113. The lowest BCUT2D eigenvalue weighted by Crippen LogP contribution is -2.43. The number of benzene rings is 1. The van der Waals surface area contributed by atoms with Crippen molar-refractivity contribution in [3.8, 4) is 5.75 Å². The van der Waals surface area contributed by atoms with Crippen LogP contribution in [0.3, 0.4) is 0 Å². The van der Waals surface area contributed by atoms with Gasteiger partial charge in [0, 0.05) is 19.5 Å². The van der Waals surface area contributed by atoms with Gasteiger partial charge in [-0.1, -0.05) is 0 Å². The molecule has 1 rings (SSSR count). The second-order valence-corrected chi connectivity index (χ2v) is 6.51. The smallest absolute Gasteiger partial charge is 0.221 e. The first-order chi connectivity index (χ1) is 10.6. The molecule has 0 saturated heterocycles. The second-order valence-electron chi connectivity index (χ2n) is 6.51. The molecule has 0 aliphatic carbocycles. The number of amides is 2. The van der Waals surface area contributed by atoms with Gasteiger partial charge in [-0.2, -0.15) is 0 Å². The van der Waals surface area contributed by atoms with E-state index >= 15 is 0 Å². The molecule has 2 amide bonds. The summed E-state index contributed by atoms with van der Waals surface area (Å²) in [4.78, 5) is 22.4. The number of carbonyl (C=O) groups excluding carboxylic acids is 2. The summed E-state index contributed by atoms with van der Waals surface area (Å²) in [6.07, 6.45) is -0.629. The quantitative estimate of drug-likeness (QED) is 0.654. The Kier molecular flexibility index (Phi) is 6.53. The number of rotatable bonds is 7. The Bertz CT molecular complexity index is 567. The summed E-state index contributed by atoms with van der Waals surface area (Å²) in [5.74, 6) is -0.0118. The van der Waals surface area contributed by atoms with E-state index in [0.29, 0.717) is 28.2 Å². The largest absolute Gasteiger partial charge is 0.488 e. The molecule has 3 N–H and O–H groups in total. The third-order valence-corrected chi connectivity index (χ3v) is 2.80. The third-order valence-electron chi connectivity index (χ3n) is 2.80. The molecule has 0 spiro atoms. The number of nitrogens with zero attached hydrogens (tertiary/aromatic N) is 1. The SMILES string of the molecule is CC(=O)Nc1ccc(OCC(O)C[N+](C)(C)C)c(NC(C)=O)c1. The maximum absolute atomic E-state index is 11.3. The highest BCUT2D eigenvalue weighted by atomic mass is 16.5. The van der Waals surface area contributed by atoms with Crippen LogP contribution in [0.4, 0.5) is 11.4 Å². The number of ether oxygens (including phenoxy) is 1. The Morgan fingerprint density at radius 1 is 1.17 bits per heavy atom. The van der Waals surface area contributed by atoms with Crippen LogP contribution < -0.4 is 15.4 Å². The van der Waals surface area contributed by atoms with Crippen LogP contribution in [0, 0.1) is 0 Å². The van der Waals surface area contributed by atoms with E-state index in [-0.39, 0.29) is 18.4 Å².